The van der Waals surface area contributed by atoms with Crippen molar-refractivity contribution in [3.05, 3.63) is 24.3 Å². The van der Waals surface area contributed by atoms with Crippen LogP contribution in [-0.4, -0.2) is 18.1 Å². The molecule has 0 fully saturated rings. The Bertz CT molecular complexity index is 383. The van der Waals surface area contributed by atoms with Gasteiger partial charge in [0.2, 0.25) is 0 Å². The molecule has 100 valence electrons. The smallest absolute Gasteiger partial charge is 0.258 e. The molecular formula is C14H22N2O2. The zero-order chi connectivity index (χ0) is 13.6. The first kappa shape index (κ1) is 14.4. The van der Waals surface area contributed by atoms with Crippen LogP contribution in [0.5, 0.6) is 5.75 Å². The molecule has 0 radical (unpaired) electrons. The SMILES string of the molecule is CCC(C)(CC)NC(=O)COc1ccc(N)cc1. The molecule has 1 amide bonds. The van der Waals surface area contributed by atoms with Crippen molar-refractivity contribution in [1.29, 1.82) is 0 Å². The van der Waals surface area contributed by atoms with Gasteiger partial charge in [0.15, 0.2) is 6.61 Å². The van der Waals surface area contributed by atoms with Crippen LogP contribution in [0.15, 0.2) is 24.3 Å². The molecule has 0 aliphatic heterocycles. The molecule has 1 aromatic rings. The highest BCUT2D eigenvalue weighted by molar-refractivity contribution is 5.78. The molecule has 0 aromatic heterocycles. The molecule has 0 heterocycles. The number of ether oxygens (including phenoxy) is 1. The van der Waals surface area contributed by atoms with Crippen molar-refractivity contribution >= 4 is 11.6 Å². The van der Waals surface area contributed by atoms with Gasteiger partial charge in [-0.15, -0.1) is 0 Å². The number of anilines is 1. The molecule has 0 aliphatic rings. The maximum Gasteiger partial charge on any atom is 0.258 e. The Balaban J connectivity index is 2.44. The lowest BCUT2D eigenvalue weighted by atomic mass is 9.96. The topological polar surface area (TPSA) is 64.3 Å². The molecule has 0 bridgehead atoms. The molecule has 3 N–H and O–H groups in total. The number of hydrogen-bond acceptors (Lipinski definition) is 3. The minimum Gasteiger partial charge on any atom is -0.484 e. The lowest BCUT2D eigenvalue weighted by molar-refractivity contribution is -0.125. The summed E-state index contributed by atoms with van der Waals surface area (Å²) in [6, 6.07) is 6.99. The van der Waals surface area contributed by atoms with Gasteiger partial charge in [0.05, 0.1) is 0 Å². The van der Waals surface area contributed by atoms with Crippen molar-refractivity contribution in [1.82, 2.24) is 5.32 Å². The lowest BCUT2D eigenvalue weighted by Gasteiger charge is -2.28. The van der Waals surface area contributed by atoms with E-state index in [1.807, 2.05) is 6.92 Å². The molecule has 4 heteroatoms. The number of benzene rings is 1. The van der Waals surface area contributed by atoms with E-state index in [1.165, 1.54) is 0 Å². The van der Waals surface area contributed by atoms with Gasteiger partial charge >= 0.3 is 0 Å². The van der Waals surface area contributed by atoms with E-state index in [0.29, 0.717) is 11.4 Å². The summed E-state index contributed by atoms with van der Waals surface area (Å²) in [4.78, 5) is 11.8. The number of carbonyl (C=O) groups excluding carboxylic acids is 1. The van der Waals surface area contributed by atoms with E-state index in [0.717, 1.165) is 12.8 Å². The van der Waals surface area contributed by atoms with E-state index in [2.05, 4.69) is 19.2 Å². The number of amides is 1. The van der Waals surface area contributed by atoms with Gasteiger partial charge in [0, 0.05) is 11.2 Å². The average Bonchev–Trinajstić information content (AvgIpc) is 2.38. The van der Waals surface area contributed by atoms with Gasteiger partial charge in [0.1, 0.15) is 5.75 Å². The summed E-state index contributed by atoms with van der Waals surface area (Å²) in [5, 5.41) is 2.99. The second-order valence-corrected chi connectivity index (χ2v) is 4.67. The molecule has 0 spiro atoms. The van der Waals surface area contributed by atoms with Gasteiger partial charge in [0.25, 0.3) is 5.91 Å². The number of rotatable bonds is 6. The van der Waals surface area contributed by atoms with Crippen LogP contribution in [0.3, 0.4) is 0 Å². The van der Waals surface area contributed by atoms with Crippen LogP contribution in [0.25, 0.3) is 0 Å². The van der Waals surface area contributed by atoms with Crippen LogP contribution in [0.4, 0.5) is 5.69 Å². The normalized spacial score (nSPS) is 11.1. The fourth-order valence-electron chi connectivity index (χ4n) is 1.51. The van der Waals surface area contributed by atoms with Gasteiger partial charge in [-0.2, -0.15) is 0 Å². The molecule has 0 atom stereocenters. The maximum atomic E-state index is 11.8. The lowest BCUT2D eigenvalue weighted by Crippen LogP contribution is -2.46. The number of nitrogens with one attached hydrogen (secondary N) is 1. The predicted octanol–water partition coefficient (Wildman–Crippen LogP) is 2.34. The minimum atomic E-state index is -0.151. The first-order valence-corrected chi connectivity index (χ1v) is 6.28. The fraction of sp³-hybridized carbons (Fsp3) is 0.500. The first-order chi connectivity index (χ1) is 8.49. The van der Waals surface area contributed by atoms with Crippen LogP contribution in [0.1, 0.15) is 33.6 Å². The zero-order valence-corrected chi connectivity index (χ0v) is 11.3. The Morgan fingerprint density at radius 3 is 2.33 bits per heavy atom. The third-order valence-electron chi connectivity index (χ3n) is 3.25. The van der Waals surface area contributed by atoms with Crippen molar-refractivity contribution < 1.29 is 9.53 Å². The molecule has 1 aromatic carbocycles. The molecule has 4 nitrogen and oxygen atoms in total. The van der Waals surface area contributed by atoms with Crippen LogP contribution in [0, 0.1) is 0 Å². The van der Waals surface area contributed by atoms with E-state index in [-0.39, 0.29) is 18.1 Å². The summed E-state index contributed by atoms with van der Waals surface area (Å²) >= 11 is 0. The van der Waals surface area contributed by atoms with Gasteiger partial charge < -0.3 is 15.8 Å². The molecular weight excluding hydrogens is 228 g/mol. The molecule has 0 saturated heterocycles. The average molecular weight is 250 g/mol. The van der Waals surface area contributed by atoms with Crippen molar-refractivity contribution in [3.63, 3.8) is 0 Å². The fourth-order valence-corrected chi connectivity index (χ4v) is 1.51. The van der Waals surface area contributed by atoms with E-state index in [1.54, 1.807) is 24.3 Å². The van der Waals surface area contributed by atoms with Crippen molar-refractivity contribution in [2.75, 3.05) is 12.3 Å². The summed E-state index contributed by atoms with van der Waals surface area (Å²) in [6.07, 6.45) is 1.80. The monoisotopic (exact) mass is 250 g/mol. The Labute approximate surface area is 109 Å². The van der Waals surface area contributed by atoms with Crippen molar-refractivity contribution in [2.24, 2.45) is 0 Å². The molecule has 0 aliphatic carbocycles. The third-order valence-corrected chi connectivity index (χ3v) is 3.25. The second-order valence-electron chi connectivity index (χ2n) is 4.67. The van der Waals surface area contributed by atoms with Gasteiger partial charge in [-0.25, -0.2) is 0 Å². The number of carbonyl (C=O) groups is 1. The third kappa shape index (κ3) is 4.28. The zero-order valence-electron chi connectivity index (χ0n) is 11.3. The Morgan fingerprint density at radius 1 is 1.28 bits per heavy atom. The summed E-state index contributed by atoms with van der Waals surface area (Å²) in [5.41, 5.74) is 6.09. The maximum absolute atomic E-state index is 11.8. The highest BCUT2D eigenvalue weighted by Gasteiger charge is 2.21. The quantitative estimate of drug-likeness (QED) is 0.762. The Hall–Kier alpha value is -1.71. The van der Waals surface area contributed by atoms with Crippen molar-refractivity contribution in [2.45, 2.75) is 39.2 Å². The number of hydrogen-bond donors (Lipinski definition) is 2. The molecule has 1 rings (SSSR count). The predicted molar refractivity (Wildman–Crippen MR) is 73.5 cm³/mol. The molecule has 0 unspecified atom stereocenters. The van der Waals surface area contributed by atoms with Gasteiger partial charge in [-0.05, 0) is 44.0 Å². The standard InChI is InChI=1S/C14H22N2O2/c1-4-14(3,5-2)16-13(17)10-18-12-8-6-11(15)7-9-12/h6-9H,4-5,10,15H2,1-3H3,(H,16,17). The minimum absolute atomic E-state index is 0.0273. The number of nitrogen functional groups attached to an aromatic ring is 1. The van der Waals surface area contributed by atoms with Crippen LogP contribution >= 0.6 is 0 Å². The van der Waals surface area contributed by atoms with Crippen LogP contribution in [-0.2, 0) is 4.79 Å². The summed E-state index contributed by atoms with van der Waals surface area (Å²) < 4.78 is 5.39. The van der Waals surface area contributed by atoms with E-state index >= 15 is 0 Å². The van der Waals surface area contributed by atoms with E-state index < -0.39 is 0 Å². The van der Waals surface area contributed by atoms with Crippen LogP contribution < -0.4 is 15.8 Å². The first-order valence-electron chi connectivity index (χ1n) is 6.28. The van der Waals surface area contributed by atoms with Crippen LogP contribution in [0.2, 0.25) is 0 Å². The summed E-state index contributed by atoms with van der Waals surface area (Å²) in [5.74, 6) is 0.548. The second kappa shape index (κ2) is 6.28. The molecule has 18 heavy (non-hydrogen) atoms. The largest absolute Gasteiger partial charge is 0.484 e. The van der Waals surface area contributed by atoms with E-state index in [4.69, 9.17) is 10.5 Å². The van der Waals surface area contributed by atoms with Gasteiger partial charge in [-0.1, -0.05) is 13.8 Å². The van der Waals surface area contributed by atoms with Crippen molar-refractivity contribution in [3.8, 4) is 5.75 Å². The Morgan fingerprint density at radius 2 is 1.83 bits per heavy atom. The number of nitrogens with two attached hydrogens (primary N) is 1. The van der Waals surface area contributed by atoms with E-state index in [9.17, 15) is 4.79 Å². The summed E-state index contributed by atoms with van der Waals surface area (Å²) in [7, 11) is 0. The van der Waals surface area contributed by atoms with Gasteiger partial charge in [-0.3, -0.25) is 4.79 Å². The Kier molecular flexibility index (Phi) is 5.01. The molecule has 0 saturated carbocycles. The summed E-state index contributed by atoms with van der Waals surface area (Å²) in [6.45, 7) is 6.18. The highest BCUT2D eigenvalue weighted by atomic mass is 16.5. The highest BCUT2D eigenvalue weighted by Crippen LogP contribution is 2.15.